The predicted octanol–water partition coefficient (Wildman–Crippen LogP) is 2.45. The van der Waals surface area contributed by atoms with Gasteiger partial charge in [-0.25, -0.2) is 9.78 Å². The van der Waals surface area contributed by atoms with Gasteiger partial charge in [0.05, 0.1) is 6.10 Å². The molecule has 2 amide bonds. The van der Waals surface area contributed by atoms with Gasteiger partial charge < -0.3 is 20.3 Å². The van der Waals surface area contributed by atoms with Gasteiger partial charge in [-0.15, -0.1) is 0 Å². The fourth-order valence-corrected chi connectivity index (χ4v) is 2.35. The maximum Gasteiger partial charge on any atom is 0.315 e. The first-order valence-corrected chi connectivity index (χ1v) is 8.51. The molecule has 1 aromatic heterocycles. The van der Waals surface area contributed by atoms with Crippen molar-refractivity contribution >= 4 is 6.03 Å². The number of imidazole rings is 1. The Morgan fingerprint density at radius 3 is 2.64 bits per heavy atom. The van der Waals surface area contributed by atoms with Crippen molar-refractivity contribution in [3.05, 3.63) is 53.6 Å². The summed E-state index contributed by atoms with van der Waals surface area (Å²) in [6, 6.07) is 7.82. The molecule has 0 fully saturated rings. The van der Waals surface area contributed by atoms with E-state index in [2.05, 4.69) is 32.3 Å². The molecule has 1 aromatic carbocycles. The van der Waals surface area contributed by atoms with Gasteiger partial charge in [0.25, 0.3) is 0 Å². The molecular formula is C19H28N4O2. The molecule has 136 valence electrons. The predicted molar refractivity (Wildman–Crippen MR) is 98.2 cm³/mol. The van der Waals surface area contributed by atoms with Crippen molar-refractivity contribution < 1.29 is 9.90 Å². The maximum atomic E-state index is 11.9. The Morgan fingerprint density at radius 1 is 1.28 bits per heavy atom. The normalized spacial score (nSPS) is 12.7. The van der Waals surface area contributed by atoms with E-state index in [1.54, 1.807) is 6.20 Å². The highest BCUT2D eigenvalue weighted by Gasteiger charge is 2.22. The lowest BCUT2D eigenvalue weighted by atomic mass is 9.89. The van der Waals surface area contributed by atoms with Gasteiger partial charge in [0.2, 0.25) is 0 Å². The quantitative estimate of drug-likeness (QED) is 0.753. The number of hydrogen-bond donors (Lipinski definition) is 3. The molecule has 0 radical (unpaired) electrons. The second-order valence-corrected chi connectivity index (χ2v) is 7.37. The molecule has 0 saturated carbocycles. The summed E-state index contributed by atoms with van der Waals surface area (Å²) in [6.07, 6.45) is 3.16. The molecule has 2 rings (SSSR count). The zero-order valence-corrected chi connectivity index (χ0v) is 15.4. The van der Waals surface area contributed by atoms with Crippen LogP contribution in [0.3, 0.4) is 0 Å². The molecular weight excluding hydrogens is 316 g/mol. The number of aliphatic hydroxyl groups is 1. The highest BCUT2D eigenvalue weighted by Crippen LogP contribution is 2.18. The molecule has 0 bridgehead atoms. The number of nitrogens with zero attached hydrogens (tertiary/aromatic N) is 2. The van der Waals surface area contributed by atoms with E-state index in [9.17, 15) is 9.90 Å². The minimum atomic E-state index is -0.583. The zero-order valence-electron chi connectivity index (χ0n) is 15.4. The first-order valence-electron chi connectivity index (χ1n) is 8.51. The van der Waals surface area contributed by atoms with Gasteiger partial charge in [0.1, 0.15) is 5.82 Å². The molecule has 25 heavy (non-hydrogen) atoms. The average molecular weight is 344 g/mol. The number of amides is 2. The van der Waals surface area contributed by atoms with Crippen molar-refractivity contribution in [2.45, 2.75) is 46.9 Å². The first kappa shape index (κ1) is 19.0. The number of urea groups is 1. The van der Waals surface area contributed by atoms with E-state index in [4.69, 9.17) is 0 Å². The summed E-state index contributed by atoms with van der Waals surface area (Å²) >= 11 is 0. The van der Waals surface area contributed by atoms with E-state index in [1.165, 1.54) is 0 Å². The van der Waals surface area contributed by atoms with Crippen molar-refractivity contribution in [2.75, 3.05) is 6.54 Å². The Bertz CT molecular complexity index is 703. The minimum Gasteiger partial charge on any atom is -0.391 e. The fraction of sp³-hybridized carbons (Fsp3) is 0.474. The highest BCUT2D eigenvalue weighted by atomic mass is 16.3. The van der Waals surface area contributed by atoms with Gasteiger partial charge in [0, 0.05) is 32.0 Å². The largest absolute Gasteiger partial charge is 0.391 e. The van der Waals surface area contributed by atoms with Gasteiger partial charge in [-0.1, -0.05) is 45.0 Å². The summed E-state index contributed by atoms with van der Waals surface area (Å²) in [5.74, 6) is 0.973. The van der Waals surface area contributed by atoms with Crippen LogP contribution in [-0.4, -0.2) is 33.3 Å². The Kier molecular flexibility index (Phi) is 6.20. The van der Waals surface area contributed by atoms with Gasteiger partial charge >= 0.3 is 6.03 Å². The Hall–Kier alpha value is -2.34. The number of aliphatic hydroxyl groups excluding tert-OH is 1. The molecule has 0 aliphatic carbocycles. The van der Waals surface area contributed by atoms with Crippen molar-refractivity contribution in [1.82, 2.24) is 20.2 Å². The molecule has 0 saturated heterocycles. The monoisotopic (exact) mass is 344 g/mol. The summed E-state index contributed by atoms with van der Waals surface area (Å²) in [4.78, 5) is 16.1. The maximum absolute atomic E-state index is 11.9. The van der Waals surface area contributed by atoms with Crippen LogP contribution in [0.1, 0.15) is 37.7 Å². The molecule has 6 heteroatoms. The van der Waals surface area contributed by atoms with E-state index in [0.29, 0.717) is 6.54 Å². The van der Waals surface area contributed by atoms with Crippen LogP contribution in [0.2, 0.25) is 0 Å². The third kappa shape index (κ3) is 5.90. The van der Waals surface area contributed by atoms with Crippen LogP contribution in [0.5, 0.6) is 0 Å². The van der Waals surface area contributed by atoms with E-state index < -0.39 is 6.10 Å². The van der Waals surface area contributed by atoms with Crippen LogP contribution in [0.25, 0.3) is 0 Å². The van der Waals surface area contributed by atoms with Crippen molar-refractivity contribution in [2.24, 2.45) is 5.41 Å². The average Bonchev–Trinajstić information content (AvgIpc) is 2.95. The van der Waals surface area contributed by atoms with E-state index in [1.807, 2.05) is 46.0 Å². The number of carbonyl (C=O) groups is 1. The van der Waals surface area contributed by atoms with Gasteiger partial charge in [-0.05, 0) is 23.5 Å². The molecule has 6 nitrogen and oxygen atoms in total. The molecule has 3 N–H and O–H groups in total. The fourth-order valence-electron chi connectivity index (χ4n) is 2.35. The summed E-state index contributed by atoms with van der Waals surface area (Å²) in [6.45, 7) is 9.20. The third-order valence-corrected chi connectivity index (χ3v) is 4.18. The summed E-state index contributed by atoms with van der Waals surface area (Å²) in [7, 11) is 0. The van der Waals surface area contributed by atoms with Gasteiger partial charge in [-0.3, -0.25) is 0 Å². The number of aromatic nitrogens is 2. The van der Waals surface area contributed by atoms with Crippen LogP contribution >= 0.6 is 0 Å². The van der Waals surface area contributed by atoms with Crippen LogP contribution in [0, 0.1) is 12.3 Å². The Morgan fingerprint density at radius 2 is 2.00 bits per heavy atom. The zero-order chi connectivity index (χ0) is 18.4. The van der Waals surface area contributed by atoms with Crippen LogP contribution in [-0.2, 0) is 13.1 Å². The van der Waals surface area contributed by atoms with Crippen LogP contribution < -0.4 is 10.6 Å². The second kappa shape index (κ2) is 8.16. The van der Waals surface area contributed by atoms with Crippen molar-refractivity contribution in [3.63, 3.8) is 0 Å². The number of aryl methyl sites for hydroxylation is 1. The van der Waals surface area contributed by atoms with Crippen LogP contribution in [0.15, 0.2) is 36.7 Å². The molecule has 0 aliphatic heterocycles. The van der Waals surface area contributed by atoms with Gasteiger partial charge in [0.15, 0.2) is 0 Å². The lowest BCUT2D eigenvalue weighted by Crippen LogP contribution is -2.43. The first-order chi connectivity index (χ1) is 11.8. The Balaban J connectivity index is 1.84. The minimum absolute atomic E-state index is 0.231. The Labute approximate surface area is 149 Å². The topological polar surface area (TPSA) is 79.2 Å². The molecule has 1 unspecified atom stereocenters. The van der Waals surface area contributed by atoms with Crippen molar-refractivity contribution in [3.8, 4) is 0 Å². The number of nitrogens with one attached hydrogen (secondary N) is 2. The van der Waals surface area contributed by atoms with E-state index in [-0.39, 0.29) is 18.0 Å². The molecule has 0 aliphatic rings. The van der Waals surface area contributed by atoms with Gasteiger partial charge in [-0.2, -0.15) is 0 Å². The SMILES string of the molecule is Cc1nccn1Cc1cccc(CNC(=O)NCC(O)C(C)(C)C)c1. The lowest BCUT2D eigenvalue weighted by molar-refractivity contribution is 0.0650. The van der Waals surface area contributed by atoms with E-state index >= 15 is 0 Å². The number of benzene rings is 1. The summed E-state index contributed by atoms with van der Waals surface area (Å²) < 4.78 is 2.08. The molecule has 0 spiro atoms. The standard InChI is InChI=1S/C19H28N4O2/c1-14-20-8-9-23(14)13-16-7-5-6-15(10-16)11-21-18(25)22-12-17(24)19(2,3)4/h5-10,17,24H,11-13H2,1-4H3,(H2,21,22,25). The smallest absolute Gasteiger partial charge is 0.315 e. The summed E-state index contributed by atoms with van der Waals surface area (Å²) in [5, 5.41) is 15.5. The van der Waals surface area contributed by atoms with E-state index in [0.717, 1.165) is 23.5 Å². The molecule has 1 heterocycles. The number of hydrogen-bond acceptors (Lipinski definition) is 3. The molecule has 1 atom stereocenters. The highest BCUT2D eigenvalue weighted by molar-refractivity contribution is 5.73. The molecule has 2 aromatic rings. The lowest BCUT2D eigenvalue weighted by Gasteiger charge is -2.25. The van der Waals surface area contributed by atoms with Crippen molar-refractivity contribution in [1.29, 1.82) is 0 Å². The van der Waals surface area contributed by atoms with Crippen LogP contribution in [0.4, 0.5) is 4.79 Å². The number of carbonyl (C=O) groups excluding carboxylic acids is 1. The summed E-state index contributed by atoms with van der Waals surface area (Å²) in [5.41, 5.74) is 1.93. The third-order valence-electron chi connectivity index (χ3n) is 4.18. The number of rotatable bonds is 6. The second-order valence-electron chi connectivity index (χ2n) is 7.37.